The molecule has 1 aliphatic rings. The lowest BCUT2D eigenvalue weighted by molar-refractivity contribution is 0.0963. The number of anilines is 1. The second kappa shape index (κ2) is 7.09. The minimum Gasteiger partial charge on any atom is -0.441 e. The Morgan fingerprint density at radius 1 is 1.18 bits per heavy atom. The third-order valence-corrected chi connectivity index (χ3v) is 4.81. The van der Waals surface area contributed by atoms with Gasteiger partial charge < -0.3 is 14.3 Å². The number of halogens is 1. The Balaban J connectivity index is 1.59. The number of oxazole rings is 1. The van der Waals surface area contributed by atoms with Gasteiger partial charge in [-0.15, -0.1) is 0 Å². The predicted octanol–water partition coefficient (Wildman–Crippen LogP) is 4.08. The standard InChI is InChI=1S/C21H19FN2O4/c1-12-13(2)27-20(23-12)15-5-3-14(4-6-15)18-8-7-16(9-19(18)22)24-10-17(11-25)28-21(24)26/h3-9,17,25H,10-11H2,1-2H3. The number of carbonyl (C=O) groups excluding carboxylic acids is 1. The van der Waals surface area contributed by atoms with Crippen molar-refractivity contribution in [3.63, 3.8) is 0 Å². The third-order valence-electron chi connectivity index (χ3n) is 4.81. The smallest absolute Gasteiger partial charge is 0.414 e. The van der Waals surface area contributed by atoms with E-state index < -0.39 is 18.0 Å². The monoisotopic (exact) mass is 382 g/mol. The van der Waals surface area contributed by atoms with Crippen LogP contribution in [0, 0.1) is 19.7 Å². The summed E-state index contributed by atoms with van der Waals surface area (Å²) in [5, 5.41) is 9.13. The van der Waals surface area contributed by atoms with Crippen LogP contribution in [0.3, 0.4) is 0 Å². The highest BCUT2D eigenvalue weighted by atomic mass is 19.1. The number of aliphatic hydroxyl groups is 1. The molecule has 3 aromatic rings. The minimum atomic E-state index is -0.592. The van der Waals surface area contributed by atoms with E-state index in [1.54, 1.807) is 24.3 Å². The number of rotatable bonds is 4. The molecule has 0 spiro atoms. The van der Waals surface area contributed by atoms with Crippen molar-refractivity contribution in [2.45, 2.75) is 20.0 Å². The molecule has 1 aromatic heterocycles. The van der Waals surface area contributed by atoms with Crippen LogP contribution in [0.4, 0.5) is 14.9 Å². The van der Waals surface area contributed by atoms with Gasteiger partial charge in [0, 0.05) is 11.1 Å². The van der Waals surface area contributed by atoms with E-state index in [2.05, 4.69) is 4.98 Å². The van der Waals surface area contributed by atoms with Gasteiger partial charge in [-0.2, -0.15) is 0 Å². The molecule has 7 heteroatoms. The van der Waals surface area contributed by atoms with Gasteiger partial charge >= 0.3 is 6.09 Å². The molecule has 0 aliphatic carbocycles. The number of ether oxygens (including phenoxy) is 1. The summed E-state index contributed by atoms with van der Waals surface area (Å²) in [6.07, 6.45) is -1.18. The van der Waals surface area contributed by atoms with Gasteiger partial charge in [0.2, 0.25) is 5.89 Å². The molecule has 0 bridgehead atoms. The van der Waals surface area contributed by atoms with Crippen molar-refractivity contribution in [2.24, 2.45) is 0 Å². The molecule has 6 nitrogen and oxygen atoms in total. The van der Waals surface area contributed by atoms with Gasteiger partial charge in [-0.25, -0.2) is 14.2 Å². The molecule has 1 unspecified atom stereocenters. The summed E-state index contributed by atoms with van der Waals surface area (Å²) >= 11 is 0. The average Bonchev–Trinajstić information content (AvgIpc) is 3.24. The lowest BCUT2D eigenvalue weighted by Gasteiger charge is -2.14. The van der Waals surface area contributed by atoms with Gasteiger partial charge in [0.1, 0.15) is 17.7 Å². The second-order valence-electron chi connectivity index (χ2n) is 6.70. The van der Waals surface area contributed by atoms with E-state index in [0.717, 1.165) is 17.0 Å². The molecular formula is C21H19FN2O4. The number of hydrogen-bond acceptors (Lipinski definition) is 5. The largest absolute Gasteiger partial charge is 0.441 e. The minimum absolute atomic E-state index is 0.192. The zero-order chi connectivity index (χ0) is 19.8. The molecule has 1 N–H and O–H groups in total. The molecule has 2 heterocycles. The van der Waals surface area contributed by atoms with Crippen molar-refractivity contribution in [3.8, 4) is 22.6 Å². The maximum absolute atomic E-state index is 14.7. The number of amides is 1. The molecule has 1 saturated heterocycles. The van der Waals surface area contributed by atoms with E-state index in [0.29, 0.717) is 22.7 Å². The normalized spacial score (nSPS) is 16.5. The van der Waals surface area contributed by atoms with Gasteiger partial charge in [-0.05, 0) is 49.7 Å². The van der Waals surface area contributed by atoms with Crippen molar-refractivity contribution in [1.82, 2.24) is 4.98 Å². The number of cyclic esters (lactones) is 1. The van der Waals surface area contributed by atoms with Crippen LogP contribution in [-0.2, 0) is 4.74 Å². The fourth-order valence-electron chi connectivity index (χ4n) is 3.12. The first kappa shape index (κ1) is 18.2. The zero-order valence-corrected chi connectivity index (χ0v) is 15.5. The van der Waals surface area contributed by atoms with E-state index in [1.165, 1.54) is 11.0 Å². The first-order chi connectivity index (χ1) is 13.5. The van der Waals surface area contributed by atoms with E-state index in [1.807, 2.05) is 26.0 Å². The van der Waals surface area contributed by atoms with Crippen molar-refractivity contribution >= 4 is 11.8 Å². The molecule has 1 amide bonds. The third kappa shape index (κ3) is 3.25. The molecule has 2 aromatic carbocycles. The number of benzene rings is 2. The van der Waals surface area contributed by atoms with Crippen LogP contribution in [0.25, 0.3) is 22.6 Å². The Kier molecular flexibility index (Phi) is 4.60. The molecule has 1 fully saturated rings. The number of nitrogens with zero attached hydrogens (tertiary/aromatic N) is 2. The van der Waals surface area contributed by atoms with Gasteiger partial charge in [-0.3, -0.25) is 4.90 Å². The fourth-order valence-corrected chi connectivity index (χ4v) is 3.12. The summed E-state index contributed by atoms with van der Waals surface area (Å²) in [6, 6.07) is 11.8. The van der Waals surface area contributed by atoms with E-state index in [9.17, 15) is 9.18 Å². The lowest BCUT2D eigenvalue weighted by Crippen LogP contribution is -2.25. The molecule has 0 radical (unpaired) electrons. The predicted molar refractivity (Wildman–Crippen MR) is 102 cm³/mol. The van der Waals surface area contributed by atoms with Crippen LogP contribution in [0.15, 0.2) is 46.9 Å². The van der Waals surface area contributed by atoms with Gasteiger partial charge in [0.15, 0.2) is 0 Å². The van der Waals surface area contributed by atoms with Crippen molar-refractivity contribution in [3.05, 3.63) is 59.7 Å². The Bertz CT molecular complexity index is 1010. The summed E-state index contributed by atoms with van der Waals surface area (Å²) in [4.78, 5) is 17.5. The summed E-state index contributed by atoms with van der Waals surface area (Å²) in [5.74, 6) is 0.848. The highest BCUT2D eigenvalue weighted by Gasteiger charge is 2.32. The summed E-state index contributed by atoms with van der Waals surface area (Å²) in [5.41, 5.74) is 3.16. The Labute approximate surface area is 161 Å². The lowest BCUT2D eigenvalue weighted by atomic mass is 10.0. The van der Waals surface area contributed by atoms with Gasteiger partial charge in [0.05, 0.1) is 24.5 Å². The topological polar surface area (TPSA) is 75.8 Å². The first-order valence-electron chi connectivity index (χ1n) is 8.89. The Morgan fingerprint density at radius 2 is 1.89 bits per heavy atom. The average molecular weight is 382 g/mol. The number of aryl methyl sites for hydroxylation is 2. The molecule has 1 atom stereocenters. The highest BCUT2D eigenvalue weighted by molar-refractivity contribution is 5.90. The Hall–Kier alpha value is -3.19. The van der Waals surface area contributed by atoms with Gasteiger partial charge in [0.25, 0.3) is 0 Å². The van der Waals surface area contributed by atoms with Crippen LogP contribution in [0.5, 0.6) is 0 Å². The van der Waals surface area contributed by atoms with Crippen LogP contribution in [0.2, 0.25) is 0 Å². The summed E-state index contributed by atoms with van der Waals surface area (Å²) < 4.78 is 25.3. The maximum atomic E-state index is 14.7. The number of aromatic nitrogens is 1. The van der Waals surface area contributed by atoms with E-state index >= 15 is 0 Å². The van der Waals surface area contributed by atoms with Crippen LogP contribution in [-0.4, -0.2) is 35.4 Å². The second-order valence-corrected chi connectivity index (χ2v) is 6.70. The fraction of sp³-hybridized carbons (Fsp3) is 0.238. The van der Waals surface area contributed by atoms with E-state index in [-0.39, 0.29) is 13.2 Å². The quantitative estimate of drug-likeness (QED) is 0.736. The number of hydrogen-bond donors (Lipinski definition) is 1. The van der Waals surface area contributed by atoms with Crippen LogP contribution in [0.1, 0.15) is 11.5 Å². The molecule has 144 valence electrons. The molecule has 28 heavy (non-hydrogen) atoms. The Morgan fingerprint density at radius 3 is 2.46 bits per heavy atom. The summed E-state index contributed by atoms with van der Waals surface area (Å²) in [7, 11) is 0. The van der Waals surface area contributed by atoms with Gasteiger partial charge in [-0.1, -0.05) is 12.1 Å². The van der Waals surface area contributed by atoms with Crippen molar-refractivity contribution in [2.75, 3.05) is 18.1 Å². The van der Waals surface area contributed by atoms with Crippen molar-refractivity contribution in [1.29, 1.82) is 0 Å². The number of carbonyl (C=O) groups is 1. The zero-order valence-electron chi connectivity index (χ0n) is 15.5. The molecule has 1 aliphatic heterocycles. The van der Waals surface area contributed by atoms with E-state index in [4.69, 9.17) is 14.3 Å². The first-order valence-corrected chi connectivity index (χ1v) is 8.89. The highest BCUT2D eigenvalue weighted by Crippen LogP contribution is 2.30. The van der Waals surface area contributed by atoms with Crippen LogP contribution >= 0.6 is 0 Å². The molecule has 0 saturated carbocycles. The van der Waals surface area contributed by atoms with Crippen molar-refractivity contribution < 1.29 is 23.4 Å². The SMILES string of the molecule is Cc1nc(-c2ccc(-c3ccc(N4CC(CO)OC4=O)cc3F)cc2)oc1C. The molecular weight excluding hydrogens is 363 g/mol. The summed E-state index contributed by atoms with van der Waals surface area (Å²) in [6.45, 7) is 3.67. The maximum Gasteiger partial charge on any atom is 0.414 e. The van der Waals surface area contributed by atoms with Crippen LogP contribution < -0.4 is 4.90 Å². The molecule has 4 rings (SSSR count). The number of aliphatic hydroxyl groups excluding tert-OH is 1.